The second-order valence-corrected chi connectivity index (χ2v) is 5.05. The van der Waals surface area contributed by atoms with Crippen LogP contribution in [-0.4, -0.2) is 16.1 Å². The van der Waals surface area contributed by atoms with E-state index in [4.69, 9.17) is 5.11 Å². The second-order valence-electron chi connectivity index (χ2n) is 5.05. The Hall–Kier alpha value is -2.94. The molecule has 3 heteroatoms. The van der Waals surface area contributed by atoms with Crippen LogP contribution in [0.15, 0.2) is 60.8 Å². The van der Waals surface area contributed by atoms with E-state index in [-0.39, 0.29) is 0 Å². The van der Waals surface area contributed by atoms with Crippen LogP contribution < -0.4 is 0 Å². The topological polar surface area (TPSA) is 50.2 Å². The molecule has 0 atom stereocenters. The van der Waals surface area contributed by atoms with Crippen molar-refractivity contribution in [2.24, 2.45) is 0 Å². The predicted octanol–water partition coefficient (Wildman–Crippen LogP) is 4.19. The van der Waals surface area contributed by atoms with E-state index in [9.17, 15) is 4.79 Å². The fraction of sp³-hybridized carbons (Fsp3) is 0. The molecule has 0 amide bonds. The zero-order valence-corrected chi connectivity index (χ0v) is 11.1. The quantitative estimate of drug-likeness (QED) is 0.565. The monoisotopic (exact) mass is 273 g/mol. The molecule has 2 aliphatic rings. The molecule has 1 aromatic heterocycles. The van der Waals surface area contributed by atoms with Gasteiger partial charge in [0.05, 0.1) is 11.1 Å². The van der Waals surface area contributed by atoms with Crippen LogP contribution in [0.25, 0.3) is 32.8 Å². The highest BCUT2D eigenvalue weighted by Gasteiger charge is 2.14. The number of carboxylic acids is 1. The largest absolute Gasteiger partial charge is 0.478 e. The van der Waals surface area contributed by atoms with Crippen LogP contribution in [0.3, 0.4) is 0 Å². The molecule has 0 saturated carbocycles. The molecule has 0 saturated heterocycles. The van der Waals surface area contributed by atoms with Gasteiger partial charge in [0, 0.05) is 17.1 Å². The molecule has 2 aromatic rings. The van der Waals surface area contributed by atoms with Crippen molar-refractivity contribution in [1.29, 1.82) is 0 Å². The molecular formula is C18H11NO2. The summed E-state index contributed by atoms with van der Waals surface area (Å²) < 4.78 is 0. The Kier molecular flexibility index (Phi) is 2.42. The van der Waals surface area contributed by atoms with Gasteiger partial charge < -0.3 is 5.11 Å². The van der Waals surface area contributed by atoms with Crippen LogP contribution in [0, 0.1) is 0 Å². The van der Waals surface area contributed by atoms with Crippen molar-refractivity contribution in [2.45, 2.75) is 0 Å². The third-order valence-corrected chi connectivity index (χ3v) is 3.81. The molecule has 0 aliphatic heterocycles. The molecule has 0 fully saturated rings. The SMILES string of the molecule is O=C(O)c1ccc2cc3c4ncccc4cccc-3c2c1. The number of hydrogen-bond donors (Lipinski definition) is 1. The molecule has 0 unspecified atom stereocenters. The lowest BCUT2D eigenvalue weighted by molar-refractivity contribution is 0.0697. The Morgan fingerprint density at radius 2 is 1.76 bits per heavy atom. The first-order valence-corrected chi connectivity index (χ1v) is 6.67. The van der Waals surface area contributed by atoms with Gasteiger partial charge in [-0.05, 0) is 40.6 Å². The van der Waals surface area contributed by atoms with Crippen LogP contribution in [0.5, 0.6) is 0 Å². The number of carbonyl (C=O) groups is 1. The van der Waals surface area contributed by atoms with E-state index < -0.39 is 5.97 Å². The average Bonchev–Trinajstić information content (AvgIpc) is 2.75. The Morgan fingerprint density at radius 1 is 0.905 bits per heavy atom. The molecule has 1 heterocycles. The molecule has 21 heavy (non-hydrogen) atoms. The first-order chi connectivity index (χ1) is 10.2. The highest BCUT2D eigenvalue weighted by Crippen LogP contribution is 2.37. The minimum Gasteiger partial charge on any atom is -0.478 e. The molecule has 1 aromatic carbocycles. The Bertz CT molecular complexity index is 975. The van der Waals surface area contributed by atoms with E-state index in [1.165, 1.54) is 0 Å². The van der Waals surface area contributed by atoms with Gasteiger partial charge in [0.2, 0.25) is 0 Å². The summed E-state index contributed by atoms with van der Waals surface area (Å²) in [7, 11) is 0. The van der Waals surface area contributed by atoms with Crippen molar-refractivity contribution in [3.63, 3.8) is 0 Å². The molecule has 1 N–H and O–H groups in total. The Labute approximate surface area is 120 Å². The third kappa shape index (κ3) is 1.75. The summed E-state index contributed by atoms with van der Waals surface area (Å²) in [6.07, 6.45) is 1.78. The minimum atomic E-state index is -0.908. The van der Waals surface area contributed by atoms with Crippen molar-refractivity contribution >= 4 is 27.6 Å². The maximum atomic E-state index is 11.2. The normalized spacial score (nSPS) is 11.2. The van der Waals surface area contributed by atoms with Gasteiger partial charge >= 0.3 is 5.97 Å². The number of pyridine rings is 1. The molecule has 0 radical (unpaired) electrons. The summed E-state index contributed by atoms with van der Waals surface area (Å²) in [5.74, 6) is -0.908. The van der Waals surface area contributed by atoms with E-state index >= 15 is 0 Å². The summed E-state index contributed by atoms with van der Waals surface area (Å²) in [6, 6.07) is 17.3. The van der Waals surface area contributed by atoms with Gasteiger partial charge in [0.15, 0.2) is 0 Å². The minimum absolute atomic E-state index is 0.304. The smallest absolute Gasteiger partial charge is 0.335 e. The maximum Gasteiger partial charge on any atom is 0.335 e. The number of hydrogen-bond acceptors (Lipinski definition) is 2. The maximum absolute atomic E-state index is 11.2. The highest BCUT2D eigenvalue weighted by atomic mass is 16.4. The van der Waals surface area contributed by atoms with Crippen LogP contribution >= 0.6 is 0 Å². The number of benzene rings is 1. The van der Waals surface area contributed by atoms with Crippen LogP contribution in [0.4, 0.5) is 0 Å². The van der Waals surface area contributed by atoms with Crippen LogP contribution in [-0.2, 0) is 0 Å². The van der Waals surface area contributed by atoms with E-state index in [1.807, 2.05) is 36.4 Å². The zero-order chi connectivity index (χ0) is 14.4. The number of fused-ring (bicyclic) bond motifs is 5. The van der Waals surface area contributed by atoms with E-state index in [1.54, 1.807) is 18.3 Å². The second kappa shape index (κ2) is 4.28. The molecule has 100 valence electrons. The van der Waals surface area contributed by atoms with E-state index in [0.29, 0.717) is 5.56 Å². The van der Waals surface area contributed by atoms with E-state index in [2.05, 4.69) is 11.1 Å². The predicted molar refractivity (Wildman–Crippen MR) is 82.8 cm³/mol. The first kappa shape index (κ1) is 11.9. The van der Waals surface area contributed by atoms with Crippen LogP contribution in [0.2, 0.25) is 0 Å². The van der Waals surface area contributed by atoms with Gasteiger partial charge in [-0.2, -0.15) is 0 Å². The van der Waals surface area contributed by atoms with Crippen molar-refractivity contribution in [3.05, 3.63) is 66.4 Å². The Balaban J connectivity index is 2.15. The summed E-state index contributed by atoms with van der Waals surface area (Å²) >= 11 is 0. The standard InChI is InChI=1S/C18H11NO2/c20-18(21)13-7-6-12-9-16-14(15(12)10-13)5-1-3-11-4-2-8-19-17(11)16/h1-10H,(H,20,21). The third-order valence-electron chi connectivity index (χ3n) is 3.81. The van der Waals surface area contributed by atoms with Crippen molar-refractivity contribution in [2.75, 3.05) is 0 Å². The lowest BCUT2D eigenvalue weighted by atomic mass is 10.1. The van der Waals surface area contributed by atoms with Gasteiger partial charge in [0.1, 0.15) is 0 Å². The Morgan fingerprint density at radius 3 is 2.62 bits per heavy atom. The van der Waals surface area contributed by atoms with E-state index in [0.717, 1.165) is 32.8 Å². The zero-order valence-electron chi connectivity index (χ0n) is 11.1. The number of aromatic carboxylic acids is 1. The fourth-order valence-corrected chi connectivity index (χ4v) is 2.83. The van der Waals surface area contributed by atoms with Crippen molar-refractivity contribution < 1.29 is 9.90 Å². The molecule has 3 nitrogen and oxygen atoms in total. The van der Waals surface area contributed by atoms with Gasteiger partial charge in [-0.15, -0.1) is 0 Å². The molecule has 2 aliphatic carbocycles. The summed E-state index contributed by atoms with van der Waals surface area (Å²) in [5, 5.41) is 12.2. The van der Waals surface area contributed by atoms with Crippen LogP contribution in [0.1, 0.15) is 10.4 Å². The number of nitrogens with zero attached hydrogens (tertiary/aromatic N) is 1. The summed E-state index contributed by atoms with van der Waals surface area (Å²) in [4.78, 5) is 15.7. The van der Waals surface area contributed by atoms with Crippen molar-refractivity contribution in [1.82, 2.24) is 4.98 Å². The lowest BCUT2D eigenvalue weighted by Crippen LogP contribution is -1.94. The molecular weight excluding hydrogens is 262 g/mol. The summed E-state index contributed by atoms with van der Waals surface area (Å²) in [5.41, 5.74) is 3.32. The number of aromatic nitrogens is 1. The number of rotatable bonds is 1. The molecule has 0 spiro atoms. The molecule has 4 rings (SSSR count). The van der Waals surface area contributed by atoms with Gasteiger partial charge in [-0.1, -0.05) is 30.3 Å². The highest BCUT2D eigenvalue weighted by molar-refractivity contribution is 6.10. The first-order valence-electron chi connectivity index (χ1n) is 6.67. The average molecular weight is 273 g/mol. The lowest BCUT2D eigenvalue weighted by Gasteiger charge is -1.98. The van der Waals surface area contributed by atoms with Gasteiger partial charge in [-0.25, -0.2) is 4.79 Å². The fourth-order valence-electron chi connectivity index (χ4n) is 2.83. The van der Waals surface area contributed by atoms with Crippen molar-refractivity contribution in [3.8, 4) is 11.1 Å². The van der Waals surface area contributed by atoms with Gasteiger partial charge in [0.25, 0.3) is 0 Å². The van der Waals surface area contributed by atoms with Gasteiger partial charge in [-0.3, -0.25) is 4.98 Å². The summed E-state index contributed by atoms with van der Waals surface area (Å²) in [6.45, 7) is 0. The number of carboxylic acid groups (broad SMARTS) is 1. The molecule has 0 bridgehead atoms.